The van der Waals surface area contributed by atoms with Crippen LogP contribution in [0, 0.1) is 0 Å². The molecular formula is C18H18O3. The third kappa shape index (κ3) is 4.21. The predicted molar refractivity (Wildman–Crippen MR) is 84.0 cm³/mol. The van der Waals surface area contributed by atoms with Crippen LogP contribution in [0.15, 0.2) is 54.6 Å². The molecular weight excluding hydrogens is 264 g/mol. The van der Waals surface area contributed by atoms with Gasteiger partial charge >= 0.3 is 0 Å². The summed E-state index contributed by atoms with van der Waals surface area (Å²) in [7, 11) is 1.62. The van der Waals surface area contributed by atoms with Gasteiger partial charge < -0.3 is 9.47 Å². The molecule has 0 bridgehead atoms. The highest BCUT2D eigenvalue weighted by Gasteiger charge is 2.02. The van der Waals surface area contributed by atoms with E-state index in [1.54, 1.807) is 43.5 Å². The number of rotatable bonds is 6. The summed E-state index contributed by atoms with van der Waals surface area (Å²) in [6, 6.07) is 14.7. The van der Waals surface area contributed by atoms with Gasteiger partial charge in [0.05, 0.1) is 13.7 Å². The van der Waals surface area contributed by atoms with Crippen molar-refractivity contribution in [3.63, 3.8) is 0 Å². The standard InChI is InChI=1S/C18H18O3/c1-3-21-16-10-8-15(9-11-16)18(19)12-7-14-5-4-6-17(13-14)20-2/h4-13H,3H2,1-2H3/b12-7+. The van der Waals surface area contributed by atoms with Gasteiger partial charge in [0.15, 0.2) is 5.78 Å². The van der Waals surface area contributed by atoms with Crippen molar-refractivity contribution < 1.29 is 14.3 Å². The number of hydrogen-bond donors (Lipinski definition) is 0. The lowest BCUT2D eigenvalue weighted by Gasteiger charge is -2.03. The fraction of sp³-hybridized carbons (Fsp3) is 0.167. The van der Waals surface area contributed by atoms with E-state index in [9.17, 15) is 4.79 Å². The summed E-state index contributed by atoms with van der Waals surface area (Å²) < 4.78 is 10.5. The molecule has 0 atom stereocenters. The van der Waals surface area contributed by atoms with Gasteiger partial charge in [0.2, 0.25) is 0 Å². The largest absolute Gasteiger partial charge is 0.497 e. The lowest BCUT2D eigenvalue weighted by atomic mass is 10.1. The van der Waals surface area contributed by atoms with Crippen LogP contribution < -0.4 is 9.47 Å². The second-order valence-corrected chi connectivity index (χ2v) is 4.43. The van der Waals surface area contributed by atoms with Crippen molar-refractivity contribution in [3.05, 3.63) is 65.7 Å². The average molecular weight is 282 g/mol. The monoisotopic (exact) mass is 282 g/mol. The lowest BCUT2D eigenvalue weighted by Crippen LogP contribution is -1.95. The van der Waals surface area contributed by atoms with E-state index in [1.807, 2.05) is 31.2 Å². The molecule has 0 unspecified atom stereocenters. The molecule has 0 aliphatic rings. The van der Waals surface area contributed by atoms with E-state index in [2.05, 4.69) is 0 Å². The van der Waals surface area contributed by atoms with E-state index in [1.165, 1.54) is 0 Å². The molecule has 0 spiro atoms. The minimum atomic E-state index is -0.0409. The Morgan fingerprint density at radius 2 is 1.86 bits per heavy atom. The van der Waals surface area contributed by atoms with Crippen molar-refractivity contribution in [3.8, 4) is 11.5 Å². The third-order valence-electron chi connectivity index (χ3n) is 2.97. The van der Waals surface area contributed by atoms with Crippen molar-refractivity contribution in [2.45, 2.75) is 6.92 Å². The van der Waals surface area contributed by atoms with Crippen molar-refractivity contribution >= 4 is 11.9 Å². The van der Waals surface area contributed by atoms with Gasteiger partial charge in [-0.25, -0.2) is 0 Å². The second kappa shape index (κ2) is 7.29. The van der Waals surface area contributed by atoms with Crippen LogP contribution >= 0.6 is 0 Å². The average Bonchev–Trinajstić information content (AvgIpc) is 2.54. The Labute approximate surface area is 124 Å². The van der Waals surface area contributed by atoms with Gasteiger partial charge in [-0.15, -0.1) is 0 Å². The van der Waals surface area contributed by atoms with E-state index in [4.69, 9.17) is 9.47 Å². The first-order valence-corrected chi connectivity index (χ1v) is 6.82. The molecule has 0 aliphatic carbocycles. The first kappa shape index (κ1) is 14.9. The zero-order valence-corrected chi connectivity index (χ0v) is 12.2. The first-order chi connectivity index (χ1) is 10.2. The molecule has 0 aliphatic heterocycles. The summed E-state index contributed by atoms with van der Waals surface area (Å²) in [6.45, 7) is 2.54. The molecule has 108 valence electrons. The molecule has 0 amide bonds. The second-order valence-electron chi connectivity index (χ2n) is 4.43. The molecule has 3 heteroatoms. The summed E-state index contributed by atoms with van der Waals surface area (Å²) in [5.74, 6) is 1.50. The summed E-state index contributed by atoms with van der Waals surface area (Å²) >= 11 is 0. The maximum atomic E-state index is 12.1. The molecule has 0 fully saturated rings. The molecule has 3 nitrogen and oxygen atoms in total. The number of benzene rings is 2. The first-order valence-electron chi connectivity index (χ1n) is 6.82. The van der Waals surface area contributed by atoms with E-state index in [0.717, 1.165) is 17.1 Å². The maximum Gasteiger partial charge on any atom is 0.185 e. The van der Waals surface area contributed by atoms with Crippen LogP contribution in [0.4, 0.5) is 0 Å². The highest BCUT2D eigenvalue weighted by Crippen LogP contribution is 2.15. The number of allylic oxidation sites excluding steroid dienone is 1. The quantitative estimate of drug-likeness (QED) is 0.593. The highest BCUT2D eigenvalue weighted by atomic mass is 16.5. The number of carbonyl (C=O) groups is 1. The van der Waals surface area contributed by atoms with Gasteiger partial charge in [-0.3, -0.25) is 4.79 Å². The Hall–Kier alpha value is -2.55. The summed E-state index contributed by atoms with van der Waals surface area (Å²) in [5, 5.41) is 0. The van der Waals surface area contributed by atoms with Gasteiger partial charge in [0.25, 0.3) is 0 Å². The molecule has 2 rings (SSSR count). The minimum Gasteiger partial charge on any atom is -0.497 e. The van der Waals surface area contributed by atoms with E-state index < -0.39 is 0 Å². The molecule has 2 aromatic rings. The van der Waals surface area contributed by atoms with Crippen LogP contribution in [0.5, 0.6) is 11.5 Å². The Bertz CT molecular complexity index is 627. The molecule has 0 saturated carbocycles. The van der Waals surface area contributed by atoms with Gasteiger partial charge in [-0.05, 0) is 55.0 Å². The van der Waals surface area contributed by atoms with Crippen LogP contribution in [-0.4, -0.2) is 19.5 Å². The lowest BCUT2D eigenvalue weighted by molar-refractivity contribution is 0.104. The van der Waals surface area contributed by atoms with Crippen LogP contribution in [0.25, 0.3) is 6.08 Å². The summed E-state index contributed by atoms with van der Waals surface area (Å²) in [6.07, 6.45) is 3.34. The highest BCUT2D eigenvalue weighted by molar-refractivity contribution is 6.06. The molecule has 0 N–H and O–H groups in total. The van der Waals surface area contributed by atoms with Gasteiger partial charge in [0.1, 0.15) is 11.5 Å². The van der Waals surface area contributed by atoms with Gasteiger partial charge in [-0.2, -0.15) is 0 Å². The van der Waals surface area contributed by atoms with Gasteiger partial charge in [-0.1, -0.05) is 18.2 Å². The summed E-state index contributed by atoms with van der Waals surface area (Å²) in [4.78, 5) is 12.1. The van der Waals surface area contributed by atoms with Crippen molar-refractivity contribution in [1.29, 1.82) is 0 Å². The topological polar surface area (TPSA) is 35.5 Å². The fourth-order valence-electron chi connectivity index (χ4n) is 1.90. The maximum absolute atomic E-state index is 12.1. The summed E-state index contributed by atoms with van der Waals surface area (Å²) in [5.41, 5.74) is 1.56. The van der Waals surface area contributed by atoms with E-state index in [0.29, 0.717) is 12.2 Å². The molecule has 0 heterocycles. The van der Waals surface area contributed by atoms with Crippen molar-refractivity contribution in [1.82, 2.24) is 0 Å². The molecule has 0 aromatic heterocycles. The SMILES string of the molecule is CCOc1ccc(C(=O)/C=C/c2cccc(OC)c2)cc1. The van der Waals surface area contributed by atoms with E-state index >= 15 is 0 Å². The minimum absolute atomic E-state index is 0.0409. The van der Waals surface area contributed by atoms with Crippen LogP contribution in [0.2, 0.25) is 0 Å². The Morgan fingerprint density at radius 3 is 2.52 bits per heavy atom. The molecule has 21 heavy (non-hydrogen) atoms. The Morgan fingerprint density at radius 1 is 1.10 bits per heavy atom. The number of carbonyl (C=O) groups excluding carboxylic acids is 1. The third-order valence-corrected chi connectivity index (χ3v) is 2.97. The Balaban J connectivity index is 2.07. The molecule has 0 saturated heterocycles. The number of methoxy groups -OCH3 is 1. The van der Waals surface area contributed by atoms with Crippen LogP contribution in [0.3, 0.4) is 0 Å². The predicted octanol–water partition coefficient (Wildman–Crippen LogP) is 3.99. The zero-order chi connectivity index (χ0) is 15.1. The normalized spacial score (nSPS) is 10.6. The van der Waals surface area contributed by atoms with Crippen LogP contribution in [0.1, 0.15) is 22.8 Å². The number of ether oxygens (including phenoxy) is 2. The zero-order valence-electron chi connectivity index (χ0n) is 12.2. The smallest absolute Gasteiger partial charge is 0.185 e. The molecule has 2 aromatic carbocycles. The fourth-order valence-corrected chi connectivity index (χ4v) is 1.90. The van der Waals surface area contributed by atoms with Crippen LogP contribution in [-0.2, 0) is 0 Å². The number of ketones is 1. The van der Waals surface area contributed by atoms with E-state index in [-0.39, 0.29) is 5.78 Å². The van der Waals surface area contributed by atoms with Crippen molar-refractivity contribution in [2.24, 2.45) is 0 Å². The molecule has 0 radical (unpaired) electrons. The van der Waals surface area contributed by atoms with Crippen molar-refractivity contribution in [2.75, 3.05) is 13.7 Å². The Kier molecular flexibility index (Phi) is 5.16. The van der Waals surface area contributed by atoms with Gasteiger partial charge in [0, 0.05) is 5.56 Å². The number of hydrogen-bond acceptors (Lipinski definition) is 3.